The molecule has 0 saturated carbocycles. The van der Waals surface area contributed by atoms with E-state index in [2.05, 4.69) is 5.10 Å². The minimum atomic E-state index is -4.41. The summed E-state index contributed by atoms with van der Waals surface area (Å²) in [5.74, 6) is 0. The summed E-state index contributed by atoms with van der Waals surface area (Å²) < 4.78 is 38.5. The third kappa shape index (κ3) is 3.19. The fourth-order valence-electron chi connectivity index (χ4n) is 2.08. The van der Waals surface area contributed by atoms with Crippen molar-refractivity contribution in [2.75, 3.05) is 0 Å². The first kappa shape index (κ1) is 14.6. The van der Waals surface area contributed by atoms with Crippen LogP contribution in [0.3, 0.4) is 0 Å². The van der Waals surface area contributed by atoms with Crippen LogP contribution in [-0.4, -0.2) is 14.9 Å². The highest BCUT2D eigenvalue weighted by atomic mass is 19.4. The van der Waals surface area contributed by atoms with Gasteiger partial charge in [0.15, 0.2) is 0 Å². The molecule has 0 aliphatic rings. The topological polar surface area (TPSA) is 38.0 Å². The van der Waals surface area contributed by atoms with E-state index in [0.29, 0.717) is 5.56 Å². The van der Waals surface area contributed by atoms with E-state index in [1.807, 2.05) is 26.0 Å². The summed E-state index contributed by atoms with van der Waals surface area (Å²) in [6.45, 7) is 3.78. The molecular weight excluding hydrogens is 269 g/mol. The molecular formula is C14H15F3N2O. The van der Waals surface area contributed by atoms with Gasteiger partial charge in [-0.15, -0.1) is 0 Å². The van der Waals surface area contributed by atoms with Crippen molar-refractivity contribution < 1.29 is 18.3 Å². The average molecular weight is 284 g/mol. The van der Waals surface area contributed by atoms with Gasteiger partial charge in [0.1, 0.15) is 0 Å². The lowest BCUT2D eigenvalue weighted by Crippen LogP contribution is -2.11. The number of nitrogens with zero attached hydrogens (tertiary/aromatic N) is 2. The van der Waals surface area contributed by atoms with Crippen molar-refractivity contribution in [2.24, 2.45) is 0 Å². The summed E-state index contributed by atoms with van der Waals surface area (Å²) >= 11 is 0. The van der Waals surface area contributed by atoms with Gasteiger partial charge in [0.05, 0.1) is 24.4 Å². The molecule has 1 heterocycles. The average Bonchev–Trinajstić information content (AvgIpc) is 2.76. The lowest BCUT2D eigenvalue weighted by molar-refractivity contribution is -0.137. The minimum Gasteiger partial charge on any atom is -0.386 e. The van der Waals surface area contributed by atoms with Crippen LogP contribution in [0.5, 0.6) is 0 Å². The van der Waals surface area contributed by atoms with Gasteiger partial charge in [-0.3, -0.25) is 4.68 Å². The van der Waals surface area contributed by atoms with E-state index in [1.165, 1.54) is 0 Å². The molecule has 0 aliphatic carbocycles. The zero-order valence-electron chi connectivity index (χ0n) is 11.1. The van der Waals surface area contributed by atoms with Crippen molar-refractivity contribution >= 4 is 0 Å². The molecule has 2 rings (SSSR count). The standard InChI is InChI=1S/C14H15F3N2O/c1-9-3-4-12(10(2)5-9)13(20)8-19-7-11(6-18-19)14(15,16)17/h3-7,13,20H,8H2,1-2H3. The summed E-state index contributed by atoms with van der Waals surface area (Å²) in [5.41, 5.74) is 1.85. The molecule has 0 fully saturated rings. The lowest BCUT2D eigenvalue weighted by atomic mass is 10.0. The third-order valence-corrected chi connectivity index (χ3v) is 3.10. The van der Waals surface area contributed by atoms with Crippen molar-refractivity contribution in [3.05, 3.63) is 52.8 Å². The second kappa shape index (κ2) is 5.28. The summed E-state index contributed by atoms with van der Waals surface area (Å²) in [6.07, 6.45) is -3.65. The van der Waals surface area contributed by atoms with Crippen molar-refractivity contribution in [2.45, 2.75) is 32.7 Å². The first-order valence-corrected chi connectivity index (χ1v) is 6.12. The smallest absolute Gasteiger partial charge is 0.386 e. The second-order valence-electron chi connectivity index (χ2n) is 4.82. The summed E-state index contributed by atoms with van der Waals surface area (Å²) in [7, 11) is 0. The fraction of sp³-hybridized carbons (Fsp3) is 0.357. The Morgan fingerprint density at radius 1 is 1.30 bits per heavy atom. The Labute approximate surface area is 114 Å². The zero-order valence-corrected chi connectivity index (χ0v) is 11.1. The zero-order chi connectivity index (χ0) is 14.9. The first-order valence-electron chi connectivity index (χ1n) is 6.12. The molecule has 2 aromatic rings. The molecule has 6 heteroatoms. The van der Waals surface area contributed by atoms with Crippen molar-refractivity contribution in [1.82, 2.24) is 9.78 Å². The molecule has 1 unspecified atom stereocenters. The van der Waals surface area contributed by atoms with Gasteiger partial charge in [0.2, 0.25) is 0 Å². The van der Waals surface area contributed by atoms with Crippen LogP contribution < -0.4 is 0 Å². The van der Waals surface area contributed by atoms with Crippen molar-refractivity contribution in [3.63, 3.8) is 0 Å². The van der Waals surface area contributed by atoms with Crippen LogP contribution in [0.25, 0.3) is 0 Å². The molecule has 3 nitrogen and oxygen atoms in total. The number of alkyl halides is 3. The Morgan fingerprint density at radius 2 is 2.00 bits per heavy atom. The van der Waals surface area contributed by atoms with Crippen LogP contribution in [-0.2, 0) is 12.7 Å². The molecule has 0 spiro atoms. The van der Waals surface area contributed by atoms with Crippen LogP contribution in [0.15, 0.2) is 30.6 Å². The van der Waals surface area contributed by atoms with E-state index in [-0.39, 0.29) is 6.54 Å². The first-order chi connectivity index (χ1) is 9.27. The van der Waals surface area contributed by atoms with Crippen LogP contribution in [0.1, 0.15) is 28.4 Å². The molecule has 0 bridgehead atoms. The van der Waals surface area contributed by atoms with E-state index < -0.39 is 17.8 Å². The minimum absolute atomic E-state index is 0.0139. The van der Waals surface area contributed by atoms with Crippen LogP contribution in [0, 0.1) is 13.8 Å². The molecule has 1 aromatic heterocycles. The van der Waals surface area contributed by atoms with Gasteiger partial charge in [0.25, 0.3) is 0 Å². The van der Waals surface area contributed by atoms with Crippen LogP contribution in [0.4, 0.5) is 13.2 Å². The fourth-order valence-corrected chi connectivity index (χ4v) is 2.08. The summed E-state index contributed by atoms with van der Waals surface area (Å²) in [6, 6.07) is 5.56. The number of aliphatic hydroxyl groups excluding tert-OH is 1. The Balaban J connectivity index is 2.15. The number of hydrogen-bond donors (Lipinski definition) is 1. The molecule has 0 aliphatic heterocycles. The molecule has 0 saturated heterocycles. The van der Waals surface area contributed by atoms with Crippen LogP contribution >= 0.6 is 0 Å². The molecule has 108 valence electrons. The highest BCUT2D eigenvalue weighted by Crippen LogP contribution is 2.29. The van der Waals surface area contributed by atoms with Gasteiger partial charge in [0, 0.05) is 6.20 Å². The van der Waals surface area contributed by atoms with Gasteiger partial charge in [-0.25, -0.2) is 0 Å². The number of aliphatic hydroxyl groups is 1. The van der Waals surface area contributed by atoms with Gasteiger partial charge < -0.3 is 5.11 Å². The number of aryl methyl sites for hydroxylation is 2. The number of benzene rings is 1. The van der Waals surface area contributed by atoms with Gasteiger partial charge >= 0.3 is 6.18 Å². The van der Waals surface area contributed by atoms with Gasteiger partial charge in [-0.2, -0.15) is 18.3 Å². The molecule has 1 aromatic carbocycles. The van der Waals surface area contributed by atoms with Crippen molar-refractivity contribution in [3.8, 4) is 0 Å². The monoisotopic (exact) mass is 284 g/mol. The molecule has 1 atom stereocenters. The summed E-state index contributed by atoms with van der Waals surface area (Å²) in [4.78, 5) is 0. The molecule has 0 radical (unpaired) electrons. The Bertz CT molecular complexity index is 605. The van der Waals surface area contributed by atoms with E-state index in [4.69, 9.17) is 0 Å². The maximum absolute atomic E-state index is 12.5. The molecule has 0 amide bonds. The number of hydrogen-bond acceptors (Lipinski definition) is 2. The summed E-state index contributed by atoms with van der Waals surface area (Å²) in [5, 5.41) is 13.7. The van der Waals surface area contributed by atoms with E-state index in [9.17, 15) is 18.3 Å². The number of aromatic nitrogens is 2. The highest BCUT2D eigenvalue weighted by Gasteiger charge is 2.32. The normalized spacial score (nSPS) is 13.5. The van der Waals surface area contributed by atoms with Gasteiger partial charge in [-0.05, 0) is 25.0 Å². The molecule has 20 heavy (non-hydrogen) atoms. The van der Waals surface area contributed by atoms with E-state index in [1.54, 1.807) is 6.07 Å². The SMILES string of the molecule is Cc1ccc(C(O)Cn2cc(C(F)(F)F)cn2)c(C)c1. The number of halogens is 3. The predicted octanol–water partition coefficient (Wildman–Crippen LogP) is 3.25. The Kier molecular flexibility index (Phi) is 3.85. The quantitative estimate of drug-likeness (QED) is 0.939. The second-order valence-corrected chi connectivity index (χ2v) is 4.82. The predicted molar refractivity (Wildman–Crippen MR) is 68.1 cm³/mol. The largest absolute Gasteiger partial charge is 0.419 e. The van der Waals surface area contributed by atoms with Gasteiger partial charge in [-0.1, -0.05) is 23.8 Å². The van der Waals surface area contributed by atoms with E-state index >= 15 is 0 Å². The highest BCUT2D eigenvalue weighted by molar-refractivity contribution is 5.31. The van der Waals surface area contributed by atoms with E-state index in [0.717, 1.165) is 28.2 Å². The number of rotatable bonds is 3. The maximum atomic E-state index is 12.5. The maximum Gasteiger partial charge on any atom is 0.419 e. The Morgan fingerprint density at radius 3 is 2.55 bits per heavy atom. The third-order valence-electron chi connectivity index (χ3n) is 3.10. The van der Waals surface area contributed by atoms with Crippen LogP contribution in [0.2, 0.25) is 0 Å². The molecule has 1 N–H and O–H groups in total. The lowest BCUT2D eigenvalue weighted by Gasteiger charge is -2.14. The van der Waals surface area contributed by atoms with Crippen molar-refractivity contribution in [1.29, 1.82) is 0 Å². The Hall–Kier alpha value is -1.82.